The Hall–Kier alpha value is -0.762. The molecule has 0 aromatic rings. The molecule has 0 aromatic heterocycles. The van der Waals surface area contributed by atoms with Crippen molar-refractivity contribution in [3.63, 3.8) is 0 Å². The molecular formula is C3H12N4O5Pt. The fourth-order valence-corrected chi connectivity index (χ4v) is 0. The summed E-state index contributed by atoms with van der Waals surface area (Å²) >= 11 is 0. The zero-order valence-electron chi connectivity index (χ0n) is 6.84. The Bertz CT molecular complexity index is 127. The van der Waals surface area contributed by atoms with E-state index in [0.29, 0.717) is 0 Å². The van der Waals surface area contributed by atoms with Gasteiger partial charge in [0.2, 0.25) is 0 Å². The predicted molar refractivity (Wildman–Crippen MR) is 37.6 cm³/mol. The number of carbonyl (C=O) groups is 1. The summed E-state index contributed by atoms with van der Waals surface area (Å²) in [5, 5.41) is 23.0. The molecule has 13 heavy (non-hydrogen) atoms. The third-order valence-corrected chi connectivity index (χ3v) is 0.354. The van der Waals surface area contributed by atoms with Gasteiger partial charge < -0.3 is 33.1 Å². The molecule has 0 aliphatic heterocycles. The van der Waals surface area contributed by atoms with Gasteiger partial charge in [0.15, 0.2) is 0 Å². The quantitative estimate of drug-likeness (QED) is 0.389. The first-order valence-electron chi connectivity index (χ1n) is 2.13. The predicted octanol–water partition coefficient (Wildman–Crippen LogP) is -0.849. The van der Waals surface area contributed by atoms with Crippen LogP contribution in [0.2, 0.25) is 0 Å². The Kier molecular flexibility index (Phi) is 39.4. The maximum absolute atomic E-state index is 9.40. The second-order valence-corrected chi connectivity index (χ2v) is 1.28. The number of rotatable bonds is 1. The fourth-order valence-electron chi connectivity index (χ4n) is 0. The van der Waals surface area contributed by atoms with Crippen molar-refractivity contribution in [2.75, 3.05) is 0 Å². The summed E-state index contributed by atoms with van der Waals surface area (Å²) < 4.78 is 0. The number of nitrogens with zero attached hydrogens (tertiary/aromatic N) is 1. The molecule has 0 unspecified atom stereocenters. The molecule has 0 saturated carbocycles. The van der Waals surface area contributed by atoms with Gasteiger partial charge in [-0.05, 0) is 0 Å². The second-order valence-electron chi connectivity index (χ2n) is 1.28. The molecule has 84 valence electrons. The summed E-state index contributed by atoms with van der Waals surface area (Å²) in [5.74, 6) is -1.32. The van der Waals surface area contributed by atoms with Crippen molar-refractivity contribution in [3.05, 3.63) is 15.8 Å². The number of aliphatic carboxylic acids is 1. The van der Waals surface area contributed by atoms with Crippen molar-refractivity contribution >= 4 is 5.97 Å². The number of hydrogen-bond donors (Lipinski definition) is 3. The summed E-state index contributed by atoms with van der Waals surface area (Å²) in [6, 6.07) is -1.09. The number of nitrogens with one attached hydrogen (secondary N) is 1. The minimum atomic E-state index is -1.50. The van der Waals surface area contributed by atoms with Crippen LogP contribution in [0.4, 0.5) is 0 Å². The average molecular weight is 379 g/mol. The molecule has 8 N–H and O–H groups in total. The Morgan fingerprint density at radius 2 is 1.62 bits per heavy atom. The van der Waals surface area contributed by atoms with Crippen molar-refractivity contribution < 1.29 is 41.3 Å². The van der Waals surface area contributed by atoms with E-state index < -0.39 is 17.1 Å². The Morgan fingerprint density at radius 1 is 1.54 bits per heavy atom. The van der Waals surface area contributed by atoms with E-state index in [1.165, 1.54) is 6.92 Å². The van der Waals surface area contributed by atoms with E-state index in [4.69, 9.17) is 21.1 Å². The van der Waals surface area contributed by atoms with E-state index in [-0.39, 0.29) is 33.4 Å². The minimum Gasteiger partial charge on any atom is -0.670 e. The molecule has 1 atom stereocenters. The molecule has 0 fully saturated rings. The van der Waals surface area contributed by atoms with Crippen LogP contribution in [0, 0.1) is 10.1 Å². The summed E-state index contributed by atoms with van der Waals surface area (Å²) in [6.07, 6.45) is 0. The second kappa shape index (κ2) is 17.4. The standard InChI is InChI=1S/C3H6NO2.HNO3.2H3N.Pt/c1-2(4)3(5)6;2-1(3)4;;;/h2,4H,1H3,(H,5,6);(H,2,3,4);2*1H3;/q-1;;;;+2/p-1/t2-;;;;/m0..../s1. The normalized spacial score (nSPS) is 8.15. The van der Waals surface area contributed by atoms with E-state index in [1.54, 1.807) is 0 Å². The van der Waals surface area contributed by atoms with Gasteiger partial charge in [-0.2, -0.15) is 0 Å². The molecule has 0 radical (unpaired) electrons. The summed E-state index contributed by atoms with van der Waals surface area (Å²) in [4.78, 5) is 17.8. The van der Waals surface area contributed by atoms with Crippen molar-refractivity contribution in [1.29, 1.82) is 0 Å². The van der Waals surface area contributed by atoms with Gasteiger partial charge in [-0.1, -0.05) is 6.92 Å². The van der Waals surface area contributed by atoms with Crippen molar-refractivity contribution in [2.45, 2.75) is 13.0 Å². The van der Waals surface area contributed by atoms with Crippen molar-refractivity contribution in [1.82, 2.24) is 12.3 Å². The smallest absolute Gasteiger partial charge is 0.670 e. The molecule has 0 amide bonds. The van der Waals surface area contributed by atoms with Gasteiger partial charge in [-0.15, -0.1) is 16.2 Å². The number of carbonyl (C=O) groups excluding carboxylic acids is 1. The molecule has 10 heteroatoms. The molecule has 0 aliphatic carbocycles. The van der Waals surface area contributed by atoms with Crippen LogP contribution in [0.3, 0.4) is 0 Å². The summed E-state index contributed by atoms with van der Waals surface area (Å²) in [7, 11) is 0. The Labute approximate surface area is 88.8 Å². The van der Waals surface area contributed by atoms with Gasteiger partial charge in [0, 0.05) is 5.97 Å². The fraction of sp³-hybridized carbons (Fsp3) is 0.667. The van der Waals surface area contributed by atoms with Crippen molar-refractivity contribution in [2.24, 2.45) is 0 Å². The van der Waals surface area contributed by atoms with Crippen LogP contribution in [-0.2, 0) is 25.9 Å². The maximum atomic E-state index is 9.40. The zero-order valence-corrected chi connectivity index (χ0v) is 9.11. The van der Waals surface area contributed by atoms with Crippen molar-refractivity contribution in [3.8, 4) is 0 Å². The van der Waals surface area contributed by atoms with Crippen LogP contribution in [0.5, 0.6) is 0 Å². The zero-order chi connectivity index (χ0) is 8.73. The Morgan fingerprint density at radius 3 is 1.62 bits per heavy atom. The van der Waals surface area contributed by atoms with E-state index in [1.807, 2.05) is 0 Å². The topological polar surface area (TPSA) is 197 Å². The molecule has 0 saturated heterocycles. The molecule has 0 aliphatic rings. The number of carboxylic acids is 1. The molecular weight excluding hydrogens is 367 g/mol. The SMILES string of the molecule is C[C@H]([NH-])C(=O)[O-].N.N.O=[N+]([O-])O.[Pt+2]. The third-order valence-electron chi connectivity index (χ3n) is 0.354. The van der Waals surface area contributed by atoms with Gasteiger partial charge in [0.25, 0.3) is 5.09 Å². The number of carboxylic acid groups (broad SMARTS) is 1. The first-order valence-corrected chi connectivity index (χ1v) is 2.13. The molecule has 0 spiro atoms. The van der Waals surface area contributed by atoms with Gasteiger partial charge in [0.05, 0.1) is 0 Å². The largest absolute Gasteiger partial charge is 2.00 e. The van der Waals surface area contributed by atoms with Gasteiger partial charge in [-0.25, -0.2) is 0 Å². The monoisotopic (exact) mass is 379 g/mol. The van der Waals surface area contributed by atoms with E-state index in [2.05, 4.69) is 0 Å². The van der Waals surface area contributed by atoms with E-state index in [0.717, 1.165) is 0 Å². The molecule has 0 bridgehead atoms. The van der Waals surface area contributed by atoms with Crippen LogP contribution in [0.1, 0.15) is 6.92 Å². The van der Waals surface area contributed by atoms with Gasteiger partial charge in [0.1, 0.15) is 0 Å². The molecule has 0 rings (SSSR count). The first kappa shape index (κ1) is 29.5. The van der Waals surface area contributed by atoms with Gasteiger partial charge in [-0.3, -0.25) is 0 Å². The first-order chi connectivity index (χ1) is 4.37. The van der Waals surface area contributed by atoms with Crippen LogP contribution in [0.25, 0.3) is 5.73 Å². The molecule has 0 heterocycles. The van der Waals surface area contributed by atoms with Crippen LogP contribution in [0.15, 0.2) is 0 Å². The average Bonchev–Trinajstić information content (AvgIpc) is 1.63. The molecule has 9 nitrogen and oxygen atoms in total. The van der Waals surface area contributed by atoms with Crippen LogP contribution in [-0.4, -0.2) is 22.3 Å². The van der Waals surface area contributed by atoms with E-state index >= 15 is 0 Å². The summed E-state index contributed by atoms with van der Waals surface area (Å²) in [5.41, 5.74) is 6.37. The Balaban J connectivity index is -0.0000000279. The minimum absolute atomic E-state index is 0. The van der Waals surface area contributed by atoms with Gasteiger partial charge >= 0.3 is 21.1 Å². The molecule has 0 aromatic carbocycles. The summed E-state index contributed by atoms with van der Waals surface area (Å²) in [6.45, 7) is 1.25. The maximum Gasteiger partial charge on any atom is 2.00 e. The number of hydrogen-bond acceptors (Lipinski definition) is 6. The van der Waals surface area contributed by atoms with E-state index in [9.17, 15) is 9.90 Å². The van der Waals surface area contributed by atoms with Crippen LogP contribution < -0.4 is 17.4 Å². The van der Waals surface area contributed by atoms with Crippen LogP contribution >= 0.6 is 0 Å². The third kappa shape index (κ3) is 91.5.